The highest BCUT2D eigenvalue weighted by atomic mass is 14.3. The van der Waals surface area contributed by atoms with E-state index in [0.717, 1.165) is 11.8 Å². The normalized spacial score (nSPS) is 33.5. The molecular weight excluding hydrogens is 180 g/mol. The van der Waals surface area contributed by atoms with E-state index in [1.807, 2.05) is 0 Å². The van der Waals surface area contributed by atoms with Crippen molar-refractivity contribution in [3.05, 3.63) is 47.1 Å². The van der Waals surface area contributed by atoms with Crippen molar-refractivity contribution in [2.24, 2.45) is 11.8 Å². The summed E-state index contributed by atoms with van der Waals surface area (Å²) in [6.07, 6.45) is 17.0. The number of hydrogen-bond acceptors (Lipinski definition) is 0. The van der Waals surface area contributed by atoms with E-state index >= 15 is 0 Å². The van der Waals surface area contributed by atoms with E-state index < -0.39 is 0 Å². The Labute approximate surface area is 92.1 Å². The highest BCUT2D eigenvalue weighted by Crippen LogP contribution is 2.44. The Hall–Kier alpha value is -1.04. The summed E-state index contributed by atoms with van der Waals surface area (Å²) >= 11 is 0. The van der Waals surface area contributed by atoms with Gasteiger partial charge >= 0.3 is 0 Å². The van der Waals surface area contributed by atoms with Crippen molar-refractivity contribution in [2.45, 2.75) is 32.6 Å². The van der Waals surface area contributed by atoms with Gasteiger partial charge in [0.1, 0.15) is 0 Å². The summed E-state index contributed by atoms with van der Waals surface area (Å²) in [4.78, 5) is 0. The van der Waals surface area contributed by atoms with Crippen LogP contribution in [0.1, 0.15) is 32.6 Å². The topological polar surface area (TPSA) is 0 Å². The van der Waals surface area contributed by atoms with Crippen LogP contribution < -0.4 is 0 Å². The summed E-state index contributed by atoms with van der Waals surface area (Å²) in [6, 6.07) is 0. The van der Waals surface area contributed by atoms with Crippen molar-refractivity contribution < 1.29 is 0 Å². The van der Waals surface area contributed by atoms with Crippen molar-refractivity contribution in [2.75, 3.05) is 0 Å². The minimum Gasteiger partial charge on any atom is -0.0839 e. The van der Waals surface area contributed by atoms with Crippen molar-refractivity contribution >= 4 is 0 Å². The Morgan fingerprint density at radius 2 is 1.87 bits per heavy atom. The van der Waals surface area contributed by atoms with Gasteiger partial charge in [0.2, 0.25) is 0 Å². The first-order valence-corrected chi connectivity index (χ1v) is 6.10. The van der Waals surface area contributed by atoms with Crippen LogP contribution in [0.15, 0.2) is 47.1 Å². The van der Waals surface area contributed by atoms with E-state index in [0.29, 0.717) is 0 Å². The zero-order chi connectivity index (χ0) is 10.3. The van der Waals surface area contributed by atoms with Gasteiger partial charge in [-0.05, 0) is 55.6 Å². The lowest BCUT2D eigenvalue weighted by molar-refractivity contribution is 0.412. The molecule has 0 aromatic heterocycles. The molecule has 2 unspecified atom stereocenters. The van der Waals surface area contributed by atoms with Gasteiger partial charge in [0.05, 0.1) is 0 Å². The Bertz CT molecular complexity index is 390. The van der Waals surface area contributed by atoms with Crippen molar-refractivity contribution in [3.8, 4) is 0 Å². The van der Waals surface area contributed by atoms with Gasteiger partial charge in [0, 0.05) is 0 Å². The molecule has 15 heavy (non-hydrogen) atoms. The van der Waals surface area contributed by atoms with E-state index in [9.17, 15) is 0 Å². The standard InChI is InChI=1S/C15H18/c1-11-6-7-13-9-8-12-4-2-3-5-14(12)15(13)10-11/h2-3,5-6,10,12-13H,4,7-9H2,1H3. The van der Waals surface area contributed by atoms with Gasteiger partial charge in [0.25, 0.3) is 0 Å². The molecule has 0 nitrogen and oxygen atoms in total. The minimum absolute atomic E-state index is 0.822. The first kappa shape index (κ1) is 9.21. The molecule has 0 aromatic rings. The van der Waals surface area contributed by atoms with E-state index in [1.54, 1.807) is 11.1 Å². The van der Waals surface area contributed by atoms with Crippen LogP contribution in [-0.4, -0.2) is 0 Å². The first-order valence-electron chi connectivity index (χ1n) is 6.10. The molecule has 0 N–H and O–H groups in total. The van der Waals surface area contributed by atoms with E-state index in [2.05, 4.69) is 37.3 Å². The average molecular weight is 198 g/mol. The summed E-state index contributed by atoms with van der Waals surface area (Å²) in [5.41, 5.74) is 4.74. The maximum atomic E-state index is 2.42. The largest absolute Gasteiger partial charge is 0.0839 e. The van der Waals surface area contributed by atoms with Gasteiger partial charge in [-0.25, -0.2) is 0 Å². The van der Waals surface area contributed by atoms with Crippen molar-refractivity contribution in [3.63, 3.8) is 0 Å². The molecule has 2 atom stereocenters. The van der Waals surface area contributed by atoms with Crippen LogP contribution in [0.4, 0.5) is 0 Å². The molecule has 0 aliphatic heterocycles. The van der Waals surface area contributed by atoms with Crippen LogP contribution in [0.25, 0.3) is 0 Å². The SMILES string of the molecule is CC1=CCC2CCC3CC=CC=C3C2=C1. The second-order valence-electron chi connectivity index (χ2n) is 5.04. The van der Waals surface area contributed by atoms with Crippen LogP contribution in [0.2, 0.25) is 0 Å². The van der Waals surface area contributed by atoms with E-state index in [1.165, 1.54) is 31.3 Å². The monoisotopic (exact) mass is 198 g/mol. The summed E-state index contributed by atoms with van der Waals surface area (Å²) in [5, 5.41) is 0. The van der Waals surface area contributed by atoms with Gasteiger partial charge in [-0.1, -0.05) is 36.0 Å². The molecule has 0 bridgehead atoms. The lowest BCUT2D eigenvalue weighted by Gasteiger charge is -2.36. The third-order valence-electron chi connectivity index (χ3n) is 4.02. The van der Waals surface area contributed by atoms with Gasteiger partial charge in [-0.2, -0.15) is 0 Å². The molecule has 0 amide bonds. The molecule has 0 aromatic carbocycles. The highest BCUT2D eigenvalue weighted by molar-refractivity contribution is 5.46. The highest BCUT2D eigenvalue weighted by Gasteiger charge is 2.30. The second-order valence-corrected chi connectivity index (χ2v) is 5.04. The lowest BCUT2D eigenvalue weighted by atomic mass is 9.69. The third kappa shape index (κ3) is 1.52. The minimum atomic E-state index is 0.822. The molecule has 1 fully saturated rings. The Morgan fingerprint density at radius 3 is 2.73 bits per heavy atom. The predicted octanol–water partition coefficient (Wildman–Crippen LogP) is 4.18. The number of hydrogen-bond donors (Lipinski definition) is 0. The molecule has 78 valence electrons. The third-order valence-corrected chi connectivity index (χ3v) is 4.02. The van der Waals surface area contributed by atoms with Gasteiger partial charge in [-0.15, -0.1) is 0 Å². The van der Waals surface area contributed by atoms with Crippen LogP contribution in [0.5, 0.6) is 0 Å². The molecule has 3 rings (SSSR count). The van der Waals surface area contributed by atoms with E-state index in [4.69, 9.17) is 0 Å². The molecule has 0 spiro atoms. The quantitative estimate of drug-likeness (QED) is 0.548. The second kappa shape index (κ2) is 3.52. The molecule has 3 aliphatic rings. The number of rotatable bonds is 0. The van der Waals surface area contributed by atoms with Gasteiger partial charge in [0.15, 0.2) is 0 Å². The Balaban J connectivity index is 2.02. The van der Waals surface area contributed by atoms with Crippen LogP contribution in [0.3, 0.4) is 0 Å². The Kier molecular flexibility index (Phi) is 2.16. The first-order chi connectivity index (χ1) is 7.34. The molecular formula is C15H18. The maximum Gasteiger partial charge on any atom is -0.0124 e. The zero-order valence-corrected chi connectivity index (χ0v) is 9.37. The van der Waals surface area contributed by atoms with Gasteiger partial charge in [-0.3, -0.25) is 0 Å². The fourth-order valence-electron chi connectivity index (χ4n) is 3.15. The summed E-state index contributed by atoms with van der Waals surface area (Å²) < 4.78 is 0. The molecule has 3 aliphatic carbocycles. The average Bonchev–Trinajstić information content (AvgIpc) is 2.29. The molecule has 0 heteroatoms. The lowest BCUT2D eigenvalue weighted by Crippen LogP contribution is -2.22. The fraction of sp³-hybridized carbons (Fsp3) is 0.467. The maximum absolute atomic E-state index is 2.42. The summed E-state index contributed by atoms with van der Waals surface area (Å²) in [6.45, 7) is 2.23. The molecule has 0 heterocycles. The van der Waals surface area contributed by atoms with Gasteiger partial charge < -0.3 is 0 Å². The predicted molar refractivity (Wildman–Crippen MR) is 64.5 cm³/mol. The van der Waals surface area contributed by atoms with Crippen LogP contribution in [0, 0.1) is 11.8 Å². The molecule has 1 saturated carbocycles. The zero-order valence-electron chi connectivity index (χ0n) is 9.37. The molecule has 0 radical (unpaired) electrons. The summed E-state index contributed by atoms with van der Waals surface area (Å²) in [5.74, 6) is 1.64. The smallest absolute Gasteiger partial charge is 0.0124 e. The number of allylic oxidation sites excluding steroid dienone is 8. The summed E-state index contributed by atoms with van der Waals surface area (Å²) in [7, 11) is 0. The fourth-order valence-corrected chi connectivity index (χ4v) is 3.15. The van der Waals surface area contributed by atoms with E-state index in [-0.39, 0.29) is 0 Å². The number of fused-ring (bicyclic) bond motifs is 3. The van der Waals surface area contributed by atoms with Crippen molar-refractivity contribution in [1.82, 2.24) is 0 Å². The van der Waals surface area contributed by atoms with Crippen LogP contribution in [-0.2, 0) is 0 Å². The Morgan fingerprint density at radius 1 is 1.07 bits per heavy atom. The molecule has 0 saturated heterocycles. The van der Waals surface area contributed by atoms with Crippen LogP contribution >= 0.6 is 0 Å². The van der Waals surface area contributed by atoms with Crippen molar-refractivity contribution in [1.29, 1.82) is 0 Å².